The van der Waals surface area contributed by atoms with Crippen molar-refractivity contribution in [2.24, 2.45) is 0 Å². The summed E-state index contributed by atoms with van der Waals surface area (Å²) in [6.45, 7) is 3.89. The maximum absolute atomic E-state index is 12.2. The molecule has 0 amide bonds. The Morgan fingerprint density at radius 1 is 0.411 bits per heavy atom. The van der Waals surface area contributed by atoms with E-state index in [4.69, 9.17) is 9.47 Å². The molecule has 0 aromatic heterocycles. The van der Waals surface area contributed by atoms with Crippen molar-refractivity contribution in [3.8, 4) is 0 Å². The minimum absolute atomic E-state index is 0.0789. The summed E-state index contributed by atoms with van der Waals surface area (Å²) < 4.78 is 10.6. The maximum atomic E-state index is 12.2. The number of carbonyl (C=O) groups is 2. The Hall–Kier alpha value is -3.18. The second-order valence-electron chi connectivity index (χ2n) is 14.7. The fraction of sp³-hybridized carbons (Fsp3) is 0.647. The van der Waals surface area contributed by atoms with Crippen molar-refractivity contribution < 1.29 is 24.2 Å². The van der Waals surface area contributed by atoms with Gasteiger partial charge in [0.1, 0.15) is 6.61 Å². The summed E-state index contributed by atoms with van der Waals surface area (Å²) in [5.41, 5.74) is 0. The van der Waals surface area contributed by atoms with Crippen LogP contribution >= 0.6 is 0 Å². The minimum Gasteiger partial charge on any atom is -0.462 e. The maximum Gasteiger partial charge on any atom is 0.306 e. The summed E-state index contributed by atoms with van der Waals surface area (Å²) in [6.07, 6.45) is 64.8. The highest BCUT2D eigenvalue weighted by atomic mass is 16.6. The van der Waals surface area contributed by atoms with Gasteiger partial charge in [-0.1, -0.05) is 188 Å². The molecule has 0 spiro atoms. The number of esters is 2. The van der Waals surface area contributed by atoms with Crippen molar-refractivity contribution in [2.45, 2.75) is 200 Å². The number of unbranched alkanes of at least 4 members (excludes halogenated alkanes) is 16. The fourth-order valence-corrected chi connectivity index (χ4v) is 6.01. The van der Waals surface area contributed by atoms with Gasteiger partial charge in [-0.15, -0.1) is 0 Å². The molecule has 0 radical (unpaired) electrons. The molecule has 0 fully saturated rings. The molecule has 0 saturated heterocycles. The Labute approximate surface area is 345 Å². The lowest BCUT2D eigenvalue weighted by molar-refractivity contribution is -0.161. The Kier molecular flexibility index (Phi) is 43.6. The van der Waals surface area contributed by atoms with Crippen LogP contribution in [-0.2, 0) is 19.1 Å². The van der Waals surface area contributed by atoms with E-state index in [1.807, 2.05) is 0 Å². The van der Waals surface area contributed by atoms with Gasteiger partial charge in [0.05, 0.1) is 6.61 Å². The second kappa shape index (κ2) is 46.2. The fourth-order valence-electron chi connectivity index (χ4n) is 6.01. The van der Waals surface area contributed by atoms with Gasteiger partial charge < -0.3 is 14.6 Å². The number of ether oxygens (including phenoxy) is 2. The number of rotatable bonds is 40. The molecule has 0 bridgehead atoms. The summed E-state index contributed by atoms with van der Waals surface area (Å²) in [6, 6.07) is 0. The third-order valence-electron chi connectivity index (χ3n) is 9.37. The van der Waals surface area contributed by atoms with Crippen LogP contribution in [0.4, 0.5) is 0 Å². The summed E-state index contributed by atoms with van der Waals surface area (Å²) in [7, 11) is 0. The Morgan fingerprint density at radius 3 is 1.07 bits per heavy atom. The molecule has 0 aliphatic carbocycles. The van der Waals surface area contributed by atoms with Gasteiger partial charge in [-0.25, -0.2) is 0 Å². The number of aliphatic hydroxyl groups excluding tert-OH is 1. The van der Waals surface area contributed by atoms with Gasteiger partial charge in [0.2, 0.25) is 0 Å². The summed E-state index contributed by atoms with van der Waals surface area (Å²) in [5.74, 6) is -0.615. The highest BCUT2D eigenvalue weighted by Crippen LogP contribution is 2.13. The van der Waals surface area contributed by atoms with E-state index >= 15 is 0 Å². The lowest BCUT2D eigenvalue weighted by Gasteiger charge is -2.15. The lowest BCUT2D eigenvalue weighted by atomic mass is 10.1. The van der Waals surface area contributed by atoms with Gasteiger partial charge in [-0.3, -0.25) is 9.59 Å². The van der Waals surface area contributed by atoms with Crippen molar-refractivity contribution in [2.75, 3.05) is 13.2 Å². The predicted octanol–water partition coefficient (Wildman–Crippen LogP) is 14.8. The van der Waals surface area contributed by atoms with E-state index in [1.54, 1.807) is 0 Å². The minimum atomic E-state index is -0.785. The lowest BCUT2D eigenvalue weighted by Crippen LogP contribution is -2.28. The topological polar surface area (TPSA) is 72.8 Å². The molecule has 1 unspecified atom stereocenters. The van der Waals surface area contributed by atoms with Crippen molar-refractivity contribution in [1.29, 1.82) is 0 Å². The zero-order valence-corrected chi connectivity index (χ0v) is 36.1. The summed E-state index contributed by atoms with van der Waals surface area (Å²) >= 11 is 0. The molecule has 5 heteroatoms. The Morgan fingerprint density at radius 2 is 0.714 bits per heavy atom. The average Bonchev–Trinajstić information content (AvgIpc) is 3.20. The van der Waals surface area contributed by atoms with Crippen molar-refractivity contribution in [3.05, 3.63) is 97.2 Å². The zero-order valence-electron chi connectivity index (χ0n) is 36.1. The van der Waals surface area contributed by atoms with Crippen LogP contribution in [0.2, 0.25) is 0 Å². The third kappa shape index (κ3) is 43.5. The van der Waals surface area contributed by atoms with E-state index in [2.05, 4.69) is 111 Å². The largest absolute Gasteiger partial charge is 0.462 e. The summed E-state index contributed by atoms with van der Waals surface area (Å²) in [5, 5.41) is 9.60. The van der Waals surface area contributed by atoms with Crippen LogP contribution in [-0.4, -0.2) is 36.4 Å². The van der Waals surface area contributed by atoms with Crippen LogP contribution in [0.25, 0.3) is 0 Å². The first kappa shape index (κ1) is 52.8. The van der Waals surface area contributed by atoms with Gasteiger partial charge in [0, 0.05) is 12.8 Å². The quantitative estimate of drug-likeness (QED) is 0.0381. The van der Waals surface area contributed by atoms with Crippen LogP contribution in [0.5, 0.6) is 0 Å². The SMILES string of the molecule is CC/C=C\C/C=C\C/C=C\C/C=C\C/C=C\CCCCCCCCCCCC(=O)OC(CO)COC(=O)CCCCCCCCC/C=C\C/C=C\C/C=C\CC. The van der Waals surface area contributed by atoms with Crippen LogP contribution in [0.3, 0.4) is 0 Å². The van der Waals surface area contributed by atoms with E-state index in [1.165, 1.54) is 70.6 Å². The first-order valence-electron chi connectivity index (χ1n) is 22.8. The Balaban J connectivity index is 3.59. The van der Waals surface area contributed by atoms with E-state index in [9.17, 15) is 14.7 Å². The van der Waals surface area contributed by atoms with Crippen LogP contribution in [0.15, 0.2) is 97.2 Å². The number of carbonyl (C=O) groups excluding carboxylic acids is 2. The molecule has 0 heterocycles. The molecular formula is C51H84O5. The predicted molar refractivity (Wildman–Crippen MR) is 242 cm³/mol. The zero-order chi connectivity index (χ0) is 40.7. The van der Waals surface area contributed by atoms with E-state index in [-0.39, 0.29) is 25.2 Å². The molecule has 1 N–H and O–H groups in total. The molecule has 0 saturated carbocycles. The third-order valence-corrected chi connectivity index (χ3v) is 9.37. The average molecular weight is 777 g/mol. The molecule has 0 rings (SSSR count). The number of hydrogen-bond donors (Lipinski definition) is 1. The van der Waals surface area contributed by atoms with Gasteiger partial charge in [-0.2, -0.15) is 0 Å². The monoisotopic (exact) mass is 777 g/mol. The van der Waals surface area contributed by atoms with Crippen LogP contribution < -0.4 is 0 Å². The van der Waals surface area contributed by atoms with Gasteiger partial charge >= 0.3 is 11.9 Å². The van der Waals surface area contributed by atoms with E-state index in [0.29, 0.717) is 12.8 Å². The number of allylic oxidation sites excluding steroid dienone is 16. The molecule has 0 aromatic carbocycles. The molecule has 5 nitrogen and oxygen atoms in total. The first-order chi connectivity index (χ1) is 27.6. The standard InChI is InChI=1S/C51H84O5/c1-3-5-7-9-11-13-15-17-19-21-22-23-24-25-26-27-28-30-32-34-36-38-40-42-44-46-51(54)56-49(47-52)48-55-50(53)45-43-41-39-37-35-33-31-29-20-18-16-14-12-10-8-6-4-2/h5-8,11-14,17-20,22-23,25-26,49,52H,3-4,9-10,15-16,21,24,27-48H2,1-2H3/b7-5-,8-6-,13-11-,14-12-,19-17-,20-18-,23-22-,26-25-. The molecular weight excluding hydrogens is 693 g/mol. The number of aliphatic hydroxyl groups is 1. The smallest absolute Gasteiger partial charge is 0.306 e. The van der Waals surface area contributed by atoms with Crippen LogP contribution in [0.1, 0.15) is 194 Å². The summed E-state index contributed by atoms with van der Waals surface area (Å²) in [4.78, 5) is 24.4. The highest BCUT2D eigenvalue weighted by Gasteiger charge is 2.16. The second-order valence-corrected chi connectivity index (χ2v) is 14.7. The molecule has 0 aromatic rings. The van der Waals surface area contributed by atoms with Crippen molar-refractivity contribution >= 4 is 11.9 Å². The van der Waals surface area contributed by atoms with Gasteiger partial charge in [0.25, 0.3) is 0 Å². The number of hydrogen-bond acceptors (Lipinski definition) is 5. The Bertz CT molecular complexity index is 1110. The first-order valence-corrected chi connectivity index (χ1v) is 22.8. The molecule has 56 heavy (non-hydrogen) atoms. The van der Waals surface area contributed by atoms with Crippen molar-refractivity contribution in [3.63, 3.8) is 0 Å². The highest BCUT2D eigenvalue weighted by molar-refractivity contribution is 5.70. The van der Waals surface area contributed by atoms with Crippen LogP contribution in [0, 0.1) is 0 Å². The van der Waals surface area contributed by atoms with Gasteiger partial charge in [0.15, 0.2) is 6.10 Å². The molecule has 318 valence electrons. The van der Waals surface area contributed by atoms with Gasteiger partial charge in [-0.05, 0) is 89.9 Å². The molecule has 0 aliphatic rings. The normalized spacial score (nSPS) is 13.1. The van der Waals surface area contributed by atoms with E-state index < -0.39 is 6.10 Å². The molecule has 0 aliphatic heterocycles. The van der Waals surface area contributed by atoms with Crippen molar-refractivity contribution in [1.82, 2.24) is 0 Å². The molecule has 1 atom stereocenters. The van der Waals surface area contributed by atoms with E-state index in [0.717, 1.165) is 96.3 Å².